The Morgan fingerprint density at radius 1 is 1.38 bits per heavy atom. The maximum absolute atomic E-state index is 3.18. The summed E-state index contributed by atoms with van der Waals surface area (Å²) in [5.41, 5.74) is 3.18. The van der Waals surface area contributed by atoms with Gasteiger partial charge in [-0.1, -0.05) is 13.3 Å². The first-order chi connectivity index (χ1) is 3.77. The van der Waals surface area contributed by atoms with Crippen LogP contribution >= 0.6 is 0 Å². The third-order valence-electron chi connectivity index (χ3n) is 0.958. The van der Waals surface area contributed by atoms with Crippen LogP contribution in [0.2, 0.25) is 0 Å². The molecule has 2 heteroatoms. The van der Waals surface area contributed by atoms with Gasteiger partial charge in [0, 0.05) is 20.6 Å². The number of hydrogen-bond acceptors (Lipinski definition) is 2. The first-order valence-corrected chi connectivity index (χ1v) is 3.18. The van der Waals surface area contributed by atoms with E-state index in [4.69, 9.17) is 0 Å². The van der Waals surface area contributed by atoms with Crippen molar-refractivity contribution in [3.63, 3.8) is 0 Å². The average molecular weight is 116 g/mol. The summed E-state index contributed by atoms with van der Waals surface area (Å²) >= 11 is 0. The molecule has 0 bridgehead atoms. The van der Waals surface area contributed by atoms with Crippen molar-refractivity contribution < 1.29 is 0 Å². The molecule has 1 N–H and O–H groups in total. The van der Waals surface area contributed by atoms with Gasteiger partial charge >= 0.3 is 0 Å². The van der Waals surface area contributed by atoms with Crippen molar-refractivity contribution in [3.05, 3.63) is 0 Å². The van der Waals surface area contributed by atoms with Crippen LogP contribution in [-0.4, -0.2) is 25.6 Å². The van der Waals surface area contributed by atoms with Crippen molar-refractivity contribution in [1.82, 2.24) is 10.4 Å². The number of rotatable bonds is 4. The zero-order valence-corrected chi connectivity index (χ0v) is 6.07. The van der Waals surface area contributed by atoms with E-state index in [0.717, 1.165) is 6.54 Å². The van der Waals surface area contributed by atoms with Crippen LogP contribution in [0.1, 0.15) is 19.8 Å². The monoisotopic (exact) mass is 116 g/mol. The highest BCUT2D eigenvalue weighted by Crippen LogP contribution is 1.81. The zero-order valence-electron chi connectivity index (χ0n) is 6.07. The fourth-order valence-electron chi connectivity index (χ4n) is 0.479. The van der Waals surface area contributed by atoms with E-state index in [1.165, 1.54) is 12.8 Å². The van der Waals surface area contributed by atoms with E-state index in [1.807, 2.05) is 19.1 Å². The van der Waals surface area contributed by atoms with Gasteiger partial charge < -0.3 is 0 Å². The van der Waals surface area contributed by atoms with Crippen LogP contribution in [0, 0.1) is 0 Å². The molecule has 0 aromatic carbocycles. The predicted molar refractivity (Wildman–Crippen MR) is 36.6 cm³/mol. The third kappa shape index (κ3) is 5.92. The largest absolute Gasteiger partial charge is 0.256 e. The van der Waals surface area contributed by atoms with E-state index in [0.29, 0.717) is 0 Å². The minimum Gasteiger partial charge on any atom is -0.256 e. The highest BCUT2D eigenvalue weighted by Gasteiger charge is 1.83. The van der Waals surface area contributed by atoms with Crippen molar-refractivity contribution in [2.24, 2.45) is 0 Å². The van der Waals surface area contributed by atoms with Crippen LogP contribution in [0.15, 0.2) is 0 Å². The number of unbranched alkanes of at least 4 members (excludes halogenated alkanes) is 1. The average Bonchev–Trinajstić information content (AvgIpc) is 1.66. The van der Waals surface area contributed by atoms with E-state index in [9.17, 15) is 0 Å². The molecule has 0 aromatic rings. The molecule has 50 valence electrons. The smallest absolute Gasteiger partial charge is 0.0102 e. The van der Waals surface area contributed by atoms with E-state index < -0.39 is 0 Å². The Morgan fingerprint density at radius 3 is 2.38 bits per heavy atom. The maximum atomic E-state index is 3.18. The van der Waals surface area contributed by atoms with Gasteiger partial charge in [-0.15, -0.1) is 0 Å². The van der Waals surface area contributed by atoms with Crippen molar-refractivity contribution in [3.8, 4) is 0 Å². The Hall–Kier alpha value is -0.0800. The Bertz CT molecular complexity index is 43.8. The van der Waals surface area contributed by atoms with Crippen LogP contribution in [0.4, 0.5) is 0 Å². The standard InChI is InChI=1S/C6H16N2/c1-4-5-6-7-8(2)3/h7H,4-6H2,1-3H3. The molecule has 0 aromatic heterocycles. The minimum absolute atomic E-state index is 1.10. The third-order valence-corrected chi connectivity index (χ3v) is 0.958. The van der Waals surface area contributed by atoms with Crippen LogP contribution < -0.4 is 5.43 Å². The molecule has 0 fully saturated rings. The van der Waals surface area contributed by atoms with Gasteiger partial charge in [-0.2, -0.15) is 0 Å². The SMILES string of the molecule is CCCCNN(C)C. The molecular formula is C6H16N2. The molecule has 0 aliphatic heterocycles. The topological polar surface area (TPSA) is 15.3 Å². The lowest BCUT2D eigenvalue weighted by Gasteiger charge is -2.09. The minimum atomic E-state index is 1.10. The maximum Gasteiger partial charge on any atom is 0.0102 e. The lowest BCUT2D eigenvalue weighted by Crippen LogP contribution is -2.30. The molecule has 0 amide bonds. The molecule has 0 atom stereocenters. The fourth-order valence-corrected chi connectivity index (χ4v) is 0.479. The summed E-state index contributed by atoms with van der Waals surface area (Å²) in [5, 5.41) is 1.98. The predicted octanol–water partition coefficient (Wildman–Crippen LogP) is 0.853. The summed E-state index contributed by atoms with van der Waals surface area (Å²) in [5.74, 6) is 0. The summed E-state index contributed by atoms with van der Waals surface area (Å²) in [6, 6.07) is 0. The fraction of sp³-hybridized carbons (Fsp3) is 1.00. The Balaban J connectivity index is 2.72. The highest BCUT2D eigenvalue weighted by molar-refractivity contribution is 4.37. The molecule has 2 nitrogen and oxygen atoms in total. The Morgan fingerprint density at radius 2 is 2.00 bits per heavy atom. The second-order valence-corrected chi connectivity index (χ2v) is 2.16. The van der Waals surface area contributed by atoms with Crippen LogP contribution in [0.3, 0.4) is 0 Å². The number of hydrogen-bond donors (Lipinski definition) is 1. The molecular weight excluding hydrogens is 100 g/mol. The molecule has 0 heterocycles. The van der Waals surface area contributed by atoms with Crippen molar-refractivity contribution in [1.29, 1.82) is 0 Å². The summed E-state index contributed by atoms with van der Waals surface area (Å²) in [6.07, 6.45) is 2.53. The first-order valence-electron chi connectivity index (χ1n) is 3.18. The quantitative estimate of drug-likeness (QED) is 0.433. The molecule has 0 aliphatic rings. The van der Waals surface area contributed by atoms with Gasteiger partial charge in [0.1, 0.15) is 0 Å². The van der Waals surface area contributed by atoms with Gasteiger partial charge in [0.05, 0.1) is 0 Å². The summed E-state index contributed by atoms with van der Waals surface area (Å²) in [6.45, 7) is 3.29. The highest BCUT2D eigenvalue weighted by atomic mass is 15.5. The van der Waals surface area contributed by atoms with Crippen molar-refractivity contribution >= 4 is 0 Å². The Kier molecular flexibility index (Phi) is 5.01. The normalized spacial score (nSPS) is 10.5. The van der Waals surface area contributed by atoms with Crippen LogP contribution in [0.25, 0.3) is 0 Å². The molecule has 0 rings (SSSR count). The molecule has 0 saturated heterocycles. The molecule has 0 spiro atoms. The zero-order chi connectivity index (χ0) is 6.41. The first kappa shape index (κ1) is 7.92. The van der Waals surface area contributed by atoms with E-state index in [-0.39, 0.29) is 0 Å². The van der Waals surface area contributed by atoms with Crippen LogP contribution in [-0.2, 0) is 0 Å². The van der Waals surface area contributed by atoms with E-state index in [2.05, 4.69) is 12.3 Å². The summed E-state index contributed by atoms with van der Waals surface area (Å²) < 4.78 is 0. The second kappa shape index (κ2) is 5.06. The summed E-state index contributed by atoms with van der Waals surface area (Å²) in [4.78, 5) is 0. The molecule has 0 saturated carbocycles. The molecule has 0 radical (unpaired) electrons. The number of nitrogens with one attached hydrogen (secondary N) is 1. The van der Waals surface area contributed by atoms with Gasteiger partial charge in [-0.25, -0.2) is 0 Å². The Labute approximate surface area is 51.8 Å². The van der Waals surface area contributed by atoms with Gasteiger partial charge in [-0.3, -0.25) is 10.4 Å². The van der Waals surface area contributed by atoms with Crippen molar-refractivity contribution in [2.45, 2.75) is 19.8 Å². The molecule has 0 aliphatic carbocycles. The lowest BCUT2D eigenvalue weighted by atomic mass is 10.3. The van der Waals surface area contributed by atoms with Gasteiger partial charge in [-0.05, 0) is 6.42 Å². The van der Waals surface area contributed by atoms with Crippen molar-refractivity contribution in [2.75, 3.05) is 20.6 Å². The number of hydrazine groups is 1. The molecule has 8 heavy (non-hydrogen) atoms. The second-order valence-electron chi connectivity index (χ2n) is 2.16. The summed E-state index contributed by atoms with van der Waals surface area (Å²) in [7, 11) is 4.02. The van der Waals surface area contributed by atoms with Gasteiger partial charge in [0.2, 0.25) is 0 Å². The number of nitrogens with zero attached hydrogens (tertiary/aromatic N) is 1. The van der Waals surface area contributed by atoms with Crippen LogP contribution in [0.5, 0.6) is 0 Å². The molecule has 0 unspecified atom stereocenters. The lowest BCUT2D eigenvalue weighted by molar-refractivity contribution is 0.288. The van der Waals surface area contributed by atoms with Gasteiger partial charge in [0.25, 0.3) is 0 Å². The van der Waals surface area contributed by atoms with E-state index >= 15 is 0 Å². The van der Waals surface area contributed by atoms with Gasteiger partial charge in [0.15, 0.2) is 0 Å². The van der Waals surface area contributed by atoms with E-state index in [1.54, 1.807) is 0 Å².